The lowest BCUT2D eigenvalue weighted by Crippen LogP contribution is -2.50. The van der Waals surface area contributed by atoms with E-state index in [2.05, 4.69) is 16.4 Å². The van der Waals surface area contributed by atoms with E-state index in [-0.39, 0.29) is 24.9 Å². The highest BCUT2D eigenvalue weighted by atomic mass is 32.1. The molecule has 0 aromatic carbocycles. The number of imide groups is 1. The number of thiophene rings is 1. The summed E-state index contributed by atoms with van der Waals surface area (Å²) in [5.41, 5.74) is 7.48. The first-order valence-corrected chi connectivity index (χ1v) is 11.1. The predicted octanol–water partition coefficient (Wildman–Crippen LogP) is 1.33. The molecule has 10 heteroatoms. The smallest absolute Gasteiger partial charge is 0.325 e. The van der Waals surface area contributed by atoms with Gasteiger partial charge in [-0.1, -0.05) is 6.07 Å². The van der Waals surface area contributed by atoms with Crippen LogP contribution in [-0.2, 0) is 26.3 Å². The average molecular weight is 442 g/mol. The topological polar surface area (TPSA) is 118 Å². The fourth-order valence-electron chi connectivity index (χ4n) is 4.51. The summed E-state index contributed by atoms with van der Waals surface area (Å²) in [4.78, 5) is 45.7. The van der Waals surface area contributed by atoms with E-state index >= 15 is 0 Å². The summed E-state index contributed by atoms with van der Waals surface area (Å²) in [6, 6.07) is 7.28. The minimum absolute atomic E-state index is 0.0474. The third-order valence-electron chi connectivity index (χ3n) is 6.18. The van der Waals surface area contributed by atoms with Crippen molar-refractivity contribution in [1.82, 2.24) is 20.1 Å². The van der Waals surface area contributed by atoms with Crippen molar-refractivity contribution in [2.45, 2.75) is 24.9 Å². The number of nitrogens with zero attached hydrogens (tertiary/aromatic N) is 3. The summed E-state index contributed by atoms with van der Waals surface area (Å²) in [7, 11) is 0. The number of ether oxygens (including phenoxy) is 1. The molecule has 5 heterocycles. The van der Waals surface area contributed by atoms with Gasteiger partial charge in [0.1, 0.15) is 12.4 Å². The molecule has 4 amide bonds. The maximum absolute atomic E-state index is 12.7. The van der Waals surface area contributed by atoms with Gasteiger partial charge < -0.3 is 20.7 Å². The second-order valence-electron chi connectivity index (χ2n) is 8.01. The van der Waals surface area contributed by atoms with Gasteiger partial charge in [0.15, 0.2) is 0 Å². The lowest BCUT2D eigenvalue weighted by atomic mass is 9.82. The van der Waals surface area contributed by atoms with Crippen molar-refractivity contribution in [3.05, 3.63) is 34.7 Å². The van der Waals surface area contributed by atoms with Crippen LogP contribution in [0.1, 0.15) is 23.3 Å². The van der Waals surface area contributed by atoms with Crippen LogP contribution in [0, 0.1) is 0 Å². The fraction of sp³-hybridized carbons (Fsp3) is 0.429. The molecule has 1 spiro atoms. The van der Waals surface area contributed by atoms with Crippen LogP contribution in [0.4, 0.5) is 10.6 Å². The van der Waals surface area contributed by atoms with Crippen LogP contribution < -0.4 is 11.1 Å². The van der Waals surface area contributed by atoms with Gasteiger partial charge in [0.25, 0.3) is 5.91 Å². The first kappa shape index (κ1) is 20.0. The summed E-state index contributed by atoms with van der Waals surface area (Å²) in [5, 5.41) is 2.44. The highest BCUT2D eigenvalue weighted by molar-refractivity contribution is 7.15. The number of nitrogens with two attached hydrogens (primary N) is 1. The summed E-state index contributed by atoms with van der Waals surface area (Å²) < 4.78 is 6.30. The van der Waals surface area contributed by atoms with Crippen molar-refractivity contribution >= 4 is 35.0 Å². The van der Waals surface area contributed by atoms with E-state index in [0.717, 1.165) is 21.9 Å². The third-order valence-corrected chi connectivity index (χ3v) is 7.40. The molecule has 0 unspecified atom stereocenters. The van der Waals surface area contributed by atoms with E-state index in [4.69, 9.17) is 10.5 Å². The zero-order valence-corrected chi connectivity index (χ0v) is 17.7. The Hall–Kier alpha value is -2.98. The number of piperidine rings is 1. The van der Waals surface area contributed by atoms with Crippen LogP contribution in [0.3, 0.4) is 0 Å². The Bertz CT molecular complexity index is 1040. The van der Waals surface area contributed by atoms with Crippen LogP contribution in [0.25, 0.3) is 10.6 Å². The number of aromatic nitrogens is 1. The van der Waals surface area contributed by atoms with E-state index in [1.807, 2.05) is 12.1 Å². The minimum Gasteiger partial charge on any atom is -0.384 e. The molecule has 9 nitrogen and oxygen atoms in total. The van der Waals surface area contributed by atoms with E-state index in [0.29, 0.717) is 38.4 Å². The van der Waals surface area contributed by atoms with Gasteiger partial charge in [-0.25, -0.2) is 9.78 Å². The molecule has 2 saturated heterocycles. The predicted molar refractivity (Wildman–Crippen MR) is 114 cm³/mol. The summed E-state index contributed by atoms with van der Waals surface area (Å²) in [6.07, 6.45) is 2.21. The highest BCUT2D eigenvalue weighted by Crippen LogP contribution is 2.46. The van der Waals surface area contributed by atoms with Crippen molar-refractivity contribution in [1.29, 1.82) is 0 Å². The Labute approximate surface area is 183 Å². The van der Waals surface area contributed by atoms with E-state index < -0.39 is 11.6 Å². The molecule has 0 bridgehead atoms. The zero-order valence-electron chi connectivity index (χ0n) is 16.9. The molecule has 2 fully saturated rings. The zero-order chi connectivity index (χ0) is 21.6. The Morgan fingerprint density at radius 1 is 1.29 bits per heavy atom. The largest absolute Gasteiger partial charge is 0.384 e. The van der Waals surface area contributed by atoms with E-state index in [9.17, 15) is 14.4 Å². The van der Waals surface area contributed by atoms with Crippen LogP contribution in [0.5, 0.6) is 0 Å². The quantitative estimate of drug-likeness (QED) is 0.694. The number of carbonyl (C=O) groups excluding carboxylic acids is 3. The van der Waals surface area contributed by atoms with Crippen LogP contribution in [0.15, 0.2) is 24.3 Å². The number of hydrogen-bond donors (Lipinski definition) is 2. The van der Waals surface area contributed by atoms with Gasteiger partial charge >= 0.3 is 6.03 Å². The standard InChI is InChI=1S/C21H23N5O4S/c22-17-3-1-2-14(24-17)16-10-13-15(31-16)4-9-30-21(13)5-7-25(8-6-21)19(28)12-26-18(27)11-23-20(26)29/h1-3,10H,4-9,11-12H2,(H2,22,24)(H,23,29). The number of urea groups is 1. The maximum atomic E-state index is 12.7. The molecule has 162 valence electrons. The monoisotopic (exact) mass is 441 g/mol. The maximum Gasteiger partial charge on any atom is 0.325 e. The van der Waals surface area contributed by atoms with Gasteiger partial charge in [0.2, 0.25) is 5.91 Å². The highest BCUT2D eigenvalue weighted by Gasteiger charge is 2.43. The number of amides is 4. The second kappa shape index (κ2) is 7.61. The minimum atomic E-state index is -0.506. The number of pyridine rings is 1. The van der Waals surface area contributed by atoms with Crippen molar-refractivity contribution in [3.63, 3.8) is 0 Å². The number of fused-ring (bicyclic) bond motifs is 2. The van der Waals surface area contributed by atoms with Gasteiger partial charge in [0, 0.05) is 24.4 Å². The fourth-order valence-corrected chi connectivity index (χ4v) is 5.71. The van der Waals surface area contributed by atoms with Gasteiger partial charge in [-0.15, -0.1) is 11.3 Å². The van der Waals surface area contributed by atoms with Gasteiger partial charge in [0.05, 0.1) is 29.3 Å². The van der Waals surface area contributed by atoms with Crippen molar-refractivity contribution in [3.8, 4) is 10.6 Å². The molecule has 2 aromatic rings. The summed E-state index contributed by atoms with van der Waals surface area (Å²) >= 11 is 1.73. The first-order chi connectivity index (χ1) is 14.9. The van der Waals surface area contributed by atoms with Crippen molar-refractivity contribution in [2.75, 3.05) is 38.5 Å². The molecular formula is C21H23N5O4S. The molecule has 0 radical (unpaired) electrons. The molecule has 0 saturated carbocycles. The van der Waals surface area contributed by atoms with Crippen LogP contribution in [0.2, 0.25) is 0 Å². The lowest BCUT2D eigenvalue weighted by Gasteiger charge is -2.44. The molecule has 5 rings (SSSR count). The van der Waals surface area contributed by atoms with E-state index in [1.54, 1.807) is 22.3 Å². The van der Waals surface area contributed by atoms with Crippen molar-refractivity contribution in [2.24, 2.45) is 0 Å². The normalized spacial score (nSPS) is 20.1. The summed E-state index contributed by atoms with van der Waals surface area (Å²) in [5.74, 6) is -0.0916. The molecule has 3 aliphatic rings. The molecule has 31 heavy (non-hydrogen) atoms. The van der Waals surface area contributed by atoms with Crippen LogP contribution >= 0.6 is 11.3 Å². The Morgan fingerprint density at radius 2 is 2.10 bits per heavy atom. The average Bonchev–Trinajstić information content (AvgIpc) is 3.34. The molecule has 0 aliphatic carbocycles. The van der Waals surface area contributed by atoms with Gasteiger partial charge in [-0.05, 0) is 36.6 Å². The Morgan fingerprint density at radius 3 is 2.81 bits per heavy atom. The molecule has 3 aliphatic heterocycles. The number of likely N-dealkylation sites (tertiary alicyclic amines) is 1. The third kappa shape index (κ3) is 3.55. The number of nitrogens with one attached hydrogen (secondary N) is 1. The Kier molecular flexibility index (Phi) is 4.90. The first-order valence-electron chi connectivity index (χ1n) is 10.3. The molecule has 0 atom stereocenters. The number of nitrogen functional groups attached to an aromatic ring is 1. The Balaban J connectivity index is 1.31. The lowest BCUT2D eigenvalue weighted by molar-refractivity contribution is -0.143. The number of rotatable bonds is 3. The number of hydrogen-bond acceptors (Lipinski definition) is 7. The molecule has 3 N–H and O–H groups in total. The number of anilines is 1. The molecule has 2 aromatic heterocycles. The van der Waals surface area contributed by atoms with Crippen LogP contribution in [-0.4, -0.2) is 65.4 Å². The molecular weight excluding hydrogens is 418 g/mol. The van der Waals surface area contributed by atoms with Crippen molar-refractivity contribution < 1.29 is 19.1 Å². The van der Waals surface area contributed by atoms with E-state index in [1.165, 1.54) is 10.4 Å². The van der Waals surface area contributed by atoms with Gasteiger partial charge in [-0.2, -0.15) is 0 Å². The number of carbonyl (C=O) groups is 3. The summed E-state index contributed by atoms with van der Waals surface area (Å²) in [6.45, 7) is 1.42. The van der Waals surface area contributed by atoms with Gasteiger partial charge in [-0.3, -0.25) is 14.5 Å². The second-order valence-corrected chi connectivity index (χ2v) is 9.14. The SMILES string of the molecule is Nc1cccc(-c2cc3c(s2)CCOC32CCN(C(=O)CN3C(=O)CNC3=O)CC2)n1.